The zero-order valence-corrected chi connectivity index (χ0v) is 15.1. The van der Waals surface area contributed by atoms with Crippen LogP contribution in [0.15, 0.2) is 30.3 Å². The van der Waals surface area contributed by atoms with Gasteiger partial charge in [-0.1, -0.05) is 18.2 Å². The highest BCUT2D eigenvalue weighted by atomic mass is 16.5. The fourth-order valence-corrected chi connectivity index (χ4v) is 4.10. The minimum atomic E-state index is -0.986. The van der Waals surface area contributed by atoms with Crippen LogP contribution in [0.4, 0.5) is 5.69 Å². The van der Waals surface area contributed by atoms with Gasteiger partial charge in [0, 0.05) is 31.9 Å². The molecule has 0 bridgehead atoms. The summed E-state index contributed by atoms with van der Waals surface area (Å²) >= 11 is 0. The van der Waals surface area contributed by atoms with Crippen LogP contribution in [0.2, 0.25) is 0 Å². The summed E-state index contributed by atoms with van der Waals surface area (Å²) in [4.78, 5) is 29.1. The normalized spacial score (nSPS) is 29.3. The molecule has 1 aromatic carbocycles. The summed E-state index contributed by atoms with van der Waals surface area (Å²) in [5, 5.41) is 19.3. The minimum absolute atomic E-state index is 0.0539. The highest BCUT2D eigenvalue weighted by molar-refractivity contribution is 5.87. The topological polar surface area (TPSA) is 93.1 Å². The van der Waals surface area contributed by atoms with Crippen molar-refractivity contribution >= 4 is 17.5 Å². The fraction of sp³-hybridized carbons (Fsp3) is 0.579. The van der Waals surface area contributed by atoms with E-state index in [1.54, 1.807) is 12.4 Å². The lowest BCUT2D eigenvalue weighted by atomic mass is 9.71. The molecule has 1 aromatic rings. The first-order chi connectivity index (χ1) is 12.4. The van der Waals surface area contributed by atoms with E-state index in [4.69, 9.17) is 5.21 Å². The molecule has 2 aliphatic rings. The van der Waals surface area contributed by atoms with Gasteiger partial charge in [0.25, 0.3) is 0 Å². The number of anilines is 1. The monoisotopic (exact) mass is 361 g/mol. The molecule has 26 heavy (non-hydrogen) atoms. The predicted molar refractivity (Wildman–Crippen MR) is 96.6 cm³/mol. The SMILES string of the molecule is C[C@]1(O)CCC(C(=O)N2CCN(c3ccccc3)CC2)C(C(=O)NO)C1. The summed E-state index contributed by atoms with van der Waals surface area (Å²) < 4.78 is 0. The Morgan fingerprint density at radius 2 is 1.77 bits per heavy atom. The van der Waals surface area contributed by atoms with Crippen LogP contribution in [-0.4, -0.2) is 58.8 Å². The van der Waals surface area contributed by atoms with Crippen molar-refractivity contribution < 1.29 is 19.9 Å². The van der Waals surface area contributed by atoms with Crippen LogP contribution in [-0.2, 0) is 9.59 Å². The third kappa shape index (κ3) is 3.99. The van der Waals surface area contributed by atoms with Gasteiger partial charge in [-0.05, 0) is 38.3 Å². The molecule has 1 aliphatic carbocycles. The summed E-state index contributed by atoms with van der Waals surface area (Å²) in [6, 6.07) is 10.1. The van der Waals surface area contributed by atoms with E-state index in [1.165, 1.54) is 0 Å². The molecule has 142 valence electrons. The van der Waals surface area contributed by atoms with Gasteiger partial charge in [-0.2, -0.15) is 0 Å². The molecular weight excluding hydrogens is 334 g/mol. The van der Waals surface area contributed by atoms with Crippen LogP contribution in [0.3, 0.4) is 0 Å². The molecule has 1 saturated heterocycles. The van der Waals surface area contributed by atoms with E-state index in [1.807, 2.05) is 23.1 Å². The summed E-state index contributed by atoms with van der Waals surface area (Å²) in [5.41, 5.74) is 1.82. The first-order valence-corrected chi connectivity index (χ1v) is 9.16. The Balaban J connectivity index is 1.64. The maximum Gasteiger partial charge on any atom is 0.247 e. The van der Waals surface area contributed by atoms with Crippen LogP contribution in [0, 0.1) is 11.8 Å². The van der Waals surface area contributed by atoms with Gasteiger partial charge in [-0.25, -0.2) is 5.48 Å². The molecule has 2 amide bonds. The Hall–Kier alpha value is -2.12. The summed E-state index contributed by atoms with van der Waals surface area (Å²) in [6.07, 6.45) is 1.10. The number of hydrogen-bond acceptors (Lipinski definition) is 5. The Labute approximate surface area is 153 Å². The largest absolute Gasteiger partial charge is 0.390 e. The van der Waals surface area contributed by atoms with E-state index in [2.05, 4.69) is 17.0 Å². The smallest absolute Gasteiger partial charge is 0.247 e. The summed E-state index contributed by atoms with van der Waals surface area (Å²) in [7, 11) is 0. The van der Waals surface area contributed by atoms with Gasteiger partial charge in [0.15, 0.2) is 0 Å². The average Bonchev–Trinajstić information content (AvgIpc) is 2.67. The average molecular weight is 361 g/mol. The summed E-state index contributed by atoms with van der Waals surface area (Å²) in [5.74, 6) is -1.85. The Morgan fingerprint density at radius 1 is 1.12 bits per heavy atom. The van der Waals surface area contributed by atoms with Gasteiger partial charge < -0.3 is 14.9 Å². The first-order valence-electron chi connectivity index (χ1n) is 9.16. The number of carbonyl (C=O) groups is 2. The van der Waals surface area contributed by atoms with E-state index in [-0.39, 0.29) is 12.3 Å². The lowest BCUT2D eigenvalue weighted by molar-refractivity contribution is -0.152. The maximum absolute atomic E-state index is 13.0. The number of amides is 2. The molecule has 1 heterocycles. The van der Waals surface area contributed by atoms with Crippen LogP contribution in [0.1, 0.15) is 26.2 Å². The van der Waals surface area contributed by atoms with Crippen LogP contribution >= 0.6 is 0 Å². The number of carbonyl (C=O) groups excluding carboxylic acids is 2. The Kier molecular flexibility index (Phi) is 5.48. The number of piperazine rings is 1. The Bertz CT molecular complexity index is 641. The van der Waals surface area contributed by atoms with E-state index < -0.39 is 23.3 Å². The molecule has 0 radical (unpaired) electrons. The third-order valence-electron chi connectivity index (χ3n) is 5.62. The lowest BCUT2D eigenvalue weighted by Crippen LogP contribution is -2.54. The molecule has 1 saturated carbocycles. The molecule has 3 N–H and O–H groups in total. The molecule has 7 heteroatoms. The van der Waals surface area contributed by atoms with Crippen LogP contribution < -0.4 is 10.4 Å². The van der Waals surface area contributed by atoms with Crippen molar-refractivity contribution in [2.24, 2.45) is 11.8 Å². The molecule has 7 nitrogen and oxygen atoms in total. The highest BCUT2D eigenvalue weighted by Crippen LogP contribution is 2.37. The van der Waals surface area contributed by atoms with Gasteiger partial charge in [-0.15, -0.1) is 0 Å². The van der Waals surface area contributed by atoms with Crippen LogP contribution in [0.25, 0.3) is 0 Å². The second-order valence-corrected chi connectivity index (χ2v) is 7.58. The molecule has 1 aliphatic heterocycles. The van der Waals surface area contributed by atoms with E-state index in [9.17, 15) is 14.7 Å². The number of nitrogens with one attached hydrogen (secondary N) is 1. The van der Waals surface area contributed by atoms with Gasteiger partial charge in [0.1, 0.15) is 0 Å². The van der Waals surface area contributed by atoms with Gasteiger partial charge >= 0.3 is 0 Å². The summed E-state index contributed by atoms with van der Waals surface area (Å²) in [6.45, 7) is 4.38. The van der Waals surface area contributed by atoms with E-state index in [0.29, 0.717) is 25.9 Å². The first kappa shape index (κ1) is 18.7. The van der Waals surface area contributed by atoms with Crippen molar-refractivity contribution in [1.29, 1.82) is 0 Å². The van der Waals surface area contributed by atoms with Crippen molar-refractivity contribution in [3.8, 4) is 0 Å². The highest BCUT2D eigenvalue weighted by Gasteiger charge is 2.44. The standard InChI is InChI=1S/C19H27N3O4/c1-19(25)8-7-15(16(13-19)17(23)20-26)18(24)22-11-9-21(10-12-22)14-5-3-2-4-6-14/h2-6,15-16,25-26H,7-13H2,1H3,(H,20,23)/t15?,16?,19-/m0/s1. The predicted octanol–water partition coefficient (Wildman–Crippen LogP) is 1.01. The molecular formula is C19H27N3O4. The molecule has 2 fully saturated rings. The van der Waals surface area contributed by atoms with E-state index in [0.717, 1.165) is 18.8 Å². The van der Waals surface area contributed by atoms with Crippen molar-refractivity contribution in [1.82, 2.24) is 10.4 Å². The number of hydrogen-bond donors (Lipinski definition) is 3. The second kappa shape index (κ2) is 7.63. The zero-order chi connectivity index (χ0) is 18.7. The number of benzene rings is 1. The van der Waals surface area contributed by atoms with Gasteiger partial charge in [0.2, 0.25) is 11.8 Å². The van der Waals surface area contributed by atoms with E-state index >= 15 is 0 Å². The lowest BCUT2D eigenvalue weighted by Gasteiger charge is -2.42. The number of para-hydroxylation sites is 1. The fourth-order valence-electron chi connectivity index (χ4n) is 4.10. The molecule has 3 atom stereocenters. The zero-order valence-electron chi connectivity index (χ0n) is 15.1. The number of hydroxylamine groups is 1. The van der Waals surface area contributed by atoms with Crippen molar-refractivity contribution in [2.75, 3.05) is 31.1 Å². The molecule has 3 rings (SSSR count). The number of rotatable bonds is 3. The molecule has 2 unspecified atom stereocenters. The Morgan fingerprint density at radius 3 is 2.38 bits per heavy atom. The van der Waals surface area contributed by atoms with Gasteiger partial charge in [0.05, 0.1) is 17.4 Å². The third-order valence-corrected chi connectivity index (χ3v) is 5.62. The van der Waals surface area contributed by atoms with Crippen molar-refractivity contribution in [2.45, 2.75) is 31.8 Å². The van der Waals surface area contributed by atoms with Crippen LogP contribution in [0.5, 0.6) is 0 Å². The quantitative estimate of drug-likeness (QED) is 0.552. The van der Waals surface area contributed by atoms with Crippen molar-refractivity contribution in [3.05, 3.63) is 30.3 Å². The van der Waals surface area contributed by atoms with Gasteiger partial charge in [-0.3, -0.25) is 14.8 Å². The second-order valence-electron chi connectivity index (χ2n) is 7.58. The molecule has 0 aromatic heterocycles. The number of nitrogens with zero attached hydrogens (tertiary/aromatic N) is 2. The number of aliphatic hydroxyl groups is 1. The molecule has 0 spiro atoms. The maximum atomic E-state index is 13.0. The minimum Gasteiger partial charge on any atom is -0.390 e. The van der Waals surface area contributed by atoms with Crippen molar-refractivity contribution in [3.63, 3.8) is 0 Å².